The molecule has 1 nitrogen and oxygen atoms in total. The number of fused-ring (bicyclic) bond motifs is 8. The van der Waals surface area contributed by atoms with Gasteiger partial charge in [0.1, 0.15) is 0 Å². The van der Waals surface area contributed by atoms with Crippen molar-refractivity contribution in [2.75, 3.05) is 0 Å². The quantitative estimate of drug-likeness (QED) is 0.311. The first-order valence-electron chi connectivity index (χ1n) is 8.04. The van der Waals surface area contributed by atoms with E-state index >= 15 is 0 Å². The molecule has 1 aromatic heterocycles. The fourth-order valence-electron chi connectivity index (χ4n) is 4.12. The summed E-state index contributed by atoms with van der Waals surface area (Å²) in [5, 5.41) is 8.14. The van der Waals surface area contributed by atoms with Crippen molar-refractivity contribution in [2.24, 2.45) is 7.05 Å². The second-order valence-electron chi connectivity index (χ2n) is 6.34. The van der Waals surface area contributed by atoms with Gasteiger partial charge >= 0.3 is 0 Å². The third kappa shape index (κ3) is 1.52. The van der Waals surface area contributed by atoms with E-state index in [-0.39, 0.29) is 0 Å². The first-order chi connectivity index (χ1) is 11.3. The van der Waals surface area contributed by atoms with Gasteiger partial charge in [-0.2, -0.15) is 0 Å². The van der Waals surface area contributed by atoms with Gasteiger partial charge in [0.25, 0.3) is 0 Å². The van der Waals surface area contributed by atoms with E-state index in [0.717, 1.165) is 0 Å². The number of aromatic nitrogens is 1. The molecule has 0 fully saturated rings. The van der Waals surface area contributed by atoms with Crippen LogP contribution in [-0.2, 0) is 7.05 Å². The summed E-state index contributed by atoms with van der Waals surface area (Å²) in [6.45, 7) is 2.21. The smallest absolute Gasteiger partial charge is 0.0574 e. The summed E-state index contributed by atoms with van der Waals surface area (Å²) in [5.41, 5.74) is 3.97. The molecule has 0 aliphatic heterocycles. The van der Waals surface area contributed by atoms with E-state index in [2.05, 4.69) is 85.3 Å². The van der Waals surface area contributed by atoms with Crippen molar-refractivity contribution in [1.82, 2.24) is 4.57 Å². The largest absolute Gasteiger partial charge is 0.343 e. The molecule has 5 aromatic rings. The standard InChI is InChI=1S/C22H17N/c1-14-8-7-12-18-20(14)15-9-3-4-10-16(15)22-21(18)17-11-5-6-13-19(17)23(22)2/h3-13H,1-2H3. The van der Waals surface area contributed by atoms with Gasteiger partial charge in [0.15, 0.2) is 0 Å². The van der Waals surface area contributed by atoms with Gasteiger partial charge in [-0.1, -0.05) is 60.7 Å². The highest BCUT2D eigenvalue weighted by Crippen LogP contribution is 2.41. The summed E-state index contributed by atoms with van der Waals surface area (Å²) in [6, 6.07) is 24.2. The van der Waals surface area contributed by atoms with Crippen LogP contribution in [0.25, 0.3) is 43.4 Å². The number of hydrogen-bond acceptors (Lipinski definition) is 0. The molecule has 0 radical (unpaired) electrons. The van der Waals surface area contributed by atoms with Crippen LogP contribution in [0.5, 0.6) is 0 Å². The Morgan fingerprint density at radius 1 is 0.609 bits per heavy atom. The molecule has 0 bridgehead atoms. The highest BCUT2D eigenvalue weighted by atomic mass is 14.9. The fraction of sp³-hybridized carbons (Fsp3) is 0.0909. The molecule has 0 atom stereocenters. The molecule has 5 rings (SSSR count). The lowest BCUT2D eigenvalue weighted by Crippen LogP contribution is -1.89. The lowest BCUT2D eigenvalue weighted by Gasteiger charge is -2.11. The number of hydrogen-bond donors (Lipinski definition) is 0. The number of benzene rings is 4. The van der Waals surface area contributed by atoms with Crippen LogP contribution in [0, 0.1) is 6.92 Å². The van der Waals surface area contributed by atoms with Crippen molar-refractivity contribution in [1.29, 1.82) is 0 Å². The lowest BCUT2D eigenvalue weighted by molar-refractivity contribution is 1.02. The molecule has 1 heteroatoms. The summed E-state index contributed by atoms with van der Waals surface area (Å²) in [6.07, 6.45) is 0. The van der Waals surface area contributed by atoms with Crippen molar-refractivity contribution in [3.8, 4) is 0 Å². The Morgan fingerprint density at radius 3 is 2.09 bits per heavy atom. The molecule has 0 N–H and O–H groups in total. The molecule has 0 saturated heterocycles. The van der Waals surface area contributed by atoms with Gasteiger partial charge in [-0.05, 0) is 34.7 Å². The monoisotopic (exact) mass is 295 g/mol. The van der Waals surface area contributed by atoms with E-state index < -0.39 is 0 Å². The molecule has 110 valence electrons. The van der Waals surface area contributed by atoms with E-state index in [4.69, 9.17) is 0 Å². The second-order valence-corrected chi connectivity index (χ2v) is 6.34. The average molecular weight is 295 g/mol. The van der Waals surface area contributed by atoms with E-state index in [0.29, 0.717) is 0 Å². The third-order valence-electron chi connectivity index (χ3n) is 5.10. The van der Waals surface area contributed by atoms with Crippen LogP contribution < -0.4 is 0 Å². The Bertz CT molecular complexity index is 1220. The van der Waals surface area contributed by atoms with Gasteiger partial charge in [0.2, 0.25) is 0 Å². The SMILES string of the molecule is Cc1cccc2c1c1ccccc1c1c2c2ccccc2n1C. The van der Waals surface area contributed by atoms with E-state index in [9.17, 15) is 0 Å². The highest BCUT2D eigenvalue weighted by molar-refractivity contribution is 6.32. The van der Waals surface area contributed by atoms with Crippen molar-refractivity contribution < 1.29 is 0 Å². The van der Waals surface area contributed by atoms with Crippen molar-refractivity contribution >= 4 is 43.4 Å². The molecular weight excluding hydrogens is 278 g/mol. The summed E-state index contributed by atoms with van der Waals surface area (Å²) >= 11 is 0. The lowest BCUT2D eigenvalue weighted by atomic mass is 9.94. The van der Waals surface area contributed by atoms with Gasteiger partial charge in [-0.15, -0.1) is 0 Å². The van der Waals surface area contributed by atoms with E-state index in [1.54, 1.807) is 0 Å². The van der Waals surface area contributed by atoms with Gasteiger partial charge in [-0.25, -0.2) is 0 Å². The van der Waals surface area contributed by atoms with Crippen LogP contribution in [0.4, 0.5) is 0 Å². The maximum absolute atomic E-state index is 2.34. The Balaban J connectivity index is 2.29. The normalized spacial score (nSPS) is 11.9. The van der Waals surface area contributed by atoms with Gasteiger partial charge in [-0.3, -0.25) is 0 Å². The second kappa shape index (κ2) is 4.36. The third-order valence-corrected chi connectivity index (χ3v) is 5.10. The van der Waals surface area contributed by atoms with E-state index in [1.807, 2.05) is 0 Å². The van der Waals surface area contributed by atoms with E-state index in [1.165, 1.54) is 48.9 Å². The Hall–Kier alpha value is -2.80. The Morgan fingerprint density at radius 2 is 1.26 bits per heavy atom. The molecule has 1 heterocycles. The minimum absolute atomic E-state index is 1.29. The molecule has 0 aliphatic carbocycles. The van der Waals surface area contributed by atoms with Gasteiger partial charge in [0, 0.05) is 28.7 Å². The predicted molar refractivity (Wildman–Crippen MR) is 100 cm³/mol. The minimum atomic E-state index is 1.29. The summed E-state index contributed by atoms with van der Waals surface area (Å²) in [7, 11) is 2.18. The molecule has 0 amide bonds. The Labute approximate surface area is 134 Å². The number of aryl methyl sites for hydroxylation is 2. The first-order valence-corrected chi connectivity index (χ1v) is 8.04. The molecule has 0 unspecified atom stereocenters. The highest BCUT2D eigenvalue weighted by Gasteiger charge is 2.16. The topological polar surface area (TPSA) is 4.93 Å². The maximum atomic E-state index is 2.34. The van der Waals surface area contributed by atoms with Gasteiger partial charge in [0.05, 0.1) is 5.52 Å². The van der Waals surface area contributed by atoms with Gasteiger partial charge < -0.3 is 4.57 Å². The molecule has 0 aliphatic rings. The minimum Gasteiger partial charge on any atom is -0.343 e. The zero-order valence-electron chi connectivity index (χ0n) is 13.3. The molecule has 0 saturated carbocycles. The first kappa shape index (κ1) is 12.7. The zero-order chi connectivity index (χ0) is 15.6. The van der Waals surface area contributed by atoms with Crippen LogP contribution in [0.3, 0.4) is 0 Å². The predicted octanol–water partition coefficient (Wildman–Crippen LogP) is 5.95. The van der Waals surface area contributed by atoms with Crippen LogP contribution in [0.1, 0.15) is 5.56 Å². The molecule has 4 aromatic carbocycles. The van der Waals surface area contributed by atoms with Crippen molar-refractivity contribution in [3.05, 3.63) is 72.3 Å². The Kier molecular flexibility index (Phi) is 2.41. The van der Waals surface area contributed by atoms with Crippen molar-refractivity contribution in [3.63, 3.8) is 0 Å². The zero-order valence-corrected chi connectivity index (χ0v) is 13.3. The molecule has 0 spiro atoms. The average Bonchev–Trinajstić information content (AvgIpc) is 2.89. The van der Waals surface area contributed by atoms with Crippen LogP contribution in [0.2, 0.25) is 0 Å². The van der Waals surface area contributed by atoms with Crippen LogP contribution in [0.15, 0.2) is 66.7 Å². The molecule has 23 heavy (non-hydrogen) atoms. The van der Waals surface area contributed by atoms with Crippen LogP contribution >= 0.6 is 0 Å². The summed E-state index contributed by atoms with van der Waals surface area (Å²) in [5.74, 6) is 0. The summed E-state index contributed by atoms with van der Waals surface area (Å²) in [4.78, 5) is 0. The van der Waals surface area contributed by atoms with Crippen LogP contribution in [-0.4, -0.2) is 4.57 Å². The number of rotatable bonds is 0. The number of para-hydroxylation sites is 1. The fourth-order valence-corrected chi connectivity index (χ4v) is 4.12. The maximum Gasteiger partial charge on any atom is 0.0574 e. The van der Waals surface area contributed by atoms with Crippen molar-refractivity contribution in [2.45, 2.75) is 6.92 Å². The number of nitrogens with zero attached hydrogens (tertiary/aromatic N) is 1. The molecular formula is C22H17N. The summed E-state index contributed by atoms with van der Waals surface area (Å²) < 4.78 is 2.34.